The fourth-order valence-corrected chi connectivity index (χ4v) is 4.61. The van der Waals surface area contributed by atoms with Gasteiger partial charge in [-0.1, -0.05) is 30.3 Å². The molecule has 0 spiro atoms. The molecular formula is C19H21ClN2O4S. The third-order valence-electron chi connectivity index (χ3n) is 5.22. The lowest BCUT2D eigenvalue weighted by Crippen LogP contribution is -2.41. The van der Waals surface area contributed by atoms with E-state index in [1.54, 1.807) is 10.3 Å². The molecule has 4 rings (SSSR count). The number of benzene rings is 1. The summed E-state index contributed by atoms with van der Waals surface area (Å²) in [4.78, 5) is 31.4. The summed E-state index contributed by atoms with van der Waals surface area (Å²) in [5.74, 6) is -0.432. The van der Waals surface area contributed by atoms with Crippen molar-refractivity contribution >= 4 is 35.6 Å². The van der Waals surface area contributed by atoms with Gasteiger partial charge in [0.2, 0.25) is 0 Å². The standard InChI is InChI=1S/C19H20N2O4S.ClH/c1-24-18(23)19-11-21(8-14(19)9-25-12-19)17(22)15-10-26-16(20-15)7-13-5-3-2-4-6-13;/h2-6,10,14H,7-9,11-12H2,1H3;1H/t14-,19-;/m0./s1. The molecule has 8 heteroatoms. The van der Waals surface area contributed by atoms with Gasteiger partial charge in [0.1, 0.15) is 11.1 Å². The highest BCUT2D eigenvalue weighted by Crippen LogP contribution is 2.42. The smallest absolute Gasteiger partial charge is 0.316 e. The normalized spacial score (nSPS) is 23.6. The number of amides is 1. The van der Waals surface area contributed by atoms with Gasteiger partial charge >= 0.3 is 5.97 Å². The van der Waals surface area contributed by atoms with Crippen molar-refractivity contribution in [2.75, 3.05) is 33.4 Å². The number of ether oxygens (including phenoxy) is 2. The van der Waals surface area contributed by atoms with Crippen LogP contribution < -0.4 is 0 Å². The molecule has 1 aromatic carbocycles. The molecule has 0 aliphatic carbocycles. The summed E-state index contributed by atoms with van der Waals surface area (Å²) in [6.07, 6.45) is 0.710. The number of hydrogen-bond acceptors (Lipinski definition) is 6. The molecular weight excluding hydrogens is 388 g/mol. The molecule has 27 heavy (non-hydrogen) atoms. The summed E-state index contributed by atoms with van der Waals surface area (Å²) in [7, 11) is 1.38. The summed E-state index contributed by atoms with van der Waals surface area (Å²) in [6, 6.07) is 10.1. The number of rotatable bonds is 4. The minimum Gasteiger partial charge on any atom is -0.468 e. The number of carbonyl (C=O) groups excluding carboxylic acids is 2. The number of methoxy groups -OCH3 is 1. The molecule has 0 bridgehead atoms. The Morgan fingerprint density at radius 3 is 2.89 bits per heavy atom. The number of nitrogens with zero attached hydrogens (tertiary/aromatic N) is 2. The Labute approximate surface area is 167 Å². The lowest BCUT2D eigenvalue weighted by Gasteiger charge is -2.23. The molecule has 2 fully saturated rings. The molecule has 144 valence electrons. The maximum Gasteiger partial charge on any atom is 0.316 e. The van der Waals surface area contributed by atoms with Crippen molar-refractivity contribution in [2.45, 2.75) is 6.42 Å². The quantitative estimate of drug-likeness (QED) is 0.727. The van der Waals surface area contributed by atoms with Gasteiger partial charge in [-0.25, -0.2) is 4.98 Å². The zero-order valence-electron chi connectivity index (χ0n) is 14.9. The zero-order chi connectivity index (χ0) is 18.1. The van der Waals surface area contributed by atoms with E-state index in [2.05, 4.69) is 4.98 Å². The molecule has 1 amide bonds. The molecule has 2 aliphatic rings. The van der Waals surface area contributed by atoms with Gasteiger partial charge < -0.3 is 14.4 Å². The summed E-state index contributed by atoms with van der Waals surface area (Å²) in [5, 5.41) is 2.71. The van der Waals surface area contributed by atoms with Crippen LogP contribution in [0, 0.1) is 11.3 Å². The van der Waals surface area contributed by atoms with E-state index in [-0.39, 0.29) is 30.2 Å². The predicted octanol–water partition coefficient (Wildman–Crippen LogP) is 2.42. The monoisotopic (exact) mass is 408 g/mol. The van der Waals surface area contributed by atoms with Crippen molar-refractivity contribution in [1.29, 1.82) is 0 Å². The van der Waals surface area contributed by atoms with Crippen molar-refractivity contribution in [3.63, 3.8) is 0 Å². The second-order valence-corrected chi connectivity index (χ2v) is 7.78. The van der Waals surface area contributed by atoms with E-state index in [9.17, 15) is 9.59 Å². The fraction of sp³-hybridized carbons (Fsp3) is 0.421. The minimum absolute atomic E-state index is 0. The lowest BCUT2D eigenvalue weighted by atomic mass is 9.81. The average Bonchev–Trinajstić information content (AvgIpc) is 3.35. The Bertz CT molecular complexity index is 828. The van der Waals surface area contributed by atoms with Crippen molar-refractivity contribution in [3.8, 4) is 0 Å². The number of hydrogen-bond donors (Lipinski definition) is 0. The molecule has 2 saturated heterocycles. The summed E-state index contributed by atoms with van der Waals surface area (Å²) >= 11 is 1.49. The number of likely N-dealkylation sites (tertiary alicyclic amines) is 1. The van der Waals surface area contributed by atoms with Crippen molar-refractivity contribution < 1.29 is 19.1 Å². The molecule has 6 nitrogen and oxygen atoms in total. The van der Waals surface area contributed by atoms with Gasteiger partial charge in [-0.3, -0.25) is 9.59 Å². The first-order valence-corrected chi connectivity index (χ1v) is 9.44. The molecule has 2 aromatic rings. The molecule has 0 N–H and O–H groups in total. The fourth-order valence-electron chi connectivity index (χ4n) is 3.80. The minimum atomic E-state index is -0.729. The molecule has 2 atom stereocenters. The third-order valence-corrected chi connectivity index (χ3v) is 6.07. The van der Waals surface area contributed by atoms with Gasteiger partial charge in [-0.05, 0) is 5.56 Å². The second kappa shape index (κ2) is 7.96. The number of halogens is 1. The van der Waals surface area contributed by atoms with Crippen LogP contribution >= 0.6 is 23.7 Å². The molecule has 0 saturated carbocycles. The van der Waals surface area contributed by atoms with Crippen LogP contribution in [0.25, 0.3) is 0 Å². The van der Waals surface area contributed by atoms with Crippen LogP contribution in [0.2, 0.25) is 0 Å². The van der Waals surface area contributed by atoms with E-state index in [4.69, 9.17) is 9.47 Å². The van der Waals surface area contributed by atoms with Crippen molar-refractivity contribution in [1.82, 2.24) is 9.88 Å². The molecule has 1 aromatic heterocycles. The average molecular weight is 409 g/mol. The molecule has 2 aliphatic heterocycles. The highest BCUT2D eigenvalue weighted by molar-refractivity contribution is 7.09. The SMILES string of the molecule is COC(=O)[C@@]12COC[C@@H]1CN(C(=O)c1csc(Cc3ccccc3)n1)C2.Cl. The zero-order valence-corrected chi connectivity index (χ0v) is 16.6. The Morgan fingerprint density at radius 1 is 1.37 bits per heavy atom. The van der Waals surface area contributed by atoms with Crippen LogP contribution in [0.1, 0.15) is 21.1 Å². The van der Waals surface area contributed by atoms with Crippen LogP contribution in [0.3, 0.4) is 0 Å². The summed E-state index contributed by atoms with van der Waals surface area (Å²) in [5.41, 5.74) is 0.882. The first kappa shape index (κ1) is 19.8. The Balaban J connectivity index is 0.00000210. The summed E-state index contributed by atoms with van der Waals surface area (Å²) in [6.45, 7) is 1.62. The van der Waals surface area contributed by atoms with E-state index < -0.39 is 5.41 Å². The lowest BCUT2D eigenvalue weighted by molar-refractivity contribution is -0.153. The maximum atomic E-state index is 12.9. The van der Waals surface area contributed by atoms with Gasteiger partial charge in [0.05, 0.1) is 25.3 Å². The van der Waals surface area contributed by atoms with Crippen LogP contribution in [0.4, 0.5) is 0 Å². The van der Waals surface area contributed by atoms with Gasteiger partial charge in [-0.2, -0.15) is 0 Å². The highest BCUT2D eigenvalue weighted by atomic mass is 35.5. The van der Waals surface area contributed by atoms with Gasteiger partial charge in [-0.15, -0.1) is 23.7 Å². The number of carbonyl (C=O) groups is 2. The third kappa shape index (κ3) is 3.59. The van der Waals surface area contributed by atoms with Gasteiger partial charge in [0.15, 0.2) is 0 Å². The molecule has 0 radical (unpaired) electrons. The maximum absolute atomic E-state index is 12.9. The molecule has 0 unspecified atom stereocenters. The van der Waals surface area contributed by atoms with E-state index in [1.807, 2.05) is 30.3 Å². The number of aromatic nitrogens is 1. The van der Waals surface area contributed by atoms with Crippen LogP contribution in [0.15, 0.2) is 35.7 Å². The number of fused-ring (bicyclic) bond motifs is 1. The van der Waals surface area contributed by atoms with E-state index in [0.29, 0.717) is 38.4 Å². The number of esters is 1. The second-order valence-electron chi connectivity index (χ2n) is 6.83. The topological polar surface area (TPSA) is 68.7 Å². The Hall–Kier alpha value is -1.96. The van der Waals surface area contributed by atoms with Crippen LogP contribution in [-0.2, 0) is 20.7 Å². The van der Waals surface area contributed by atoms with Crippen molar-refractivity contribution in [2.24, 2.45) is 11.3 Å². The number of thiazole rings is 1. The van der Waals surface area contributed by atoms with E-state index >= 15 is 0 Å². The van der Waals surface area contributed by atoms with Gasteiger partial charge in [0.25, 0.3) is 5.91 Å². The largest absolute Gasteiger partial charge is 0.468 e. The van der Waals surface area contributed by atoms with Crippen LogP contribution in [0.5, 0.6) is 0 Å². The Kier molecular flexibility index (Phi) is 5.83. The van der Waals surface area contributed by atoms with E-state index in [0.717, 1.165) is 5.01 Å². The molecule has 3 heterocycles. The van der Waals surface area contributed by atoms with E-state index in [1.165, 1.54) is 24.0 Å². The Morgan fingerprint density at radius 2 is 2.15 bits per heavy atom. The highest BCUT2D eigenvalue weighted by Gasteiger charge is 2.57. The van der Waals surface area contributed by atoms with Crippen molar-refractivity contribution in [3.05, 3.63) is 52.0 Å². The first-order chi connectivity index (χ1) is 12.6. The predicted molar refractivity (Wildman–Crippen MR) is 103 cm³/mol. The first-order valence-electron chi connectivity index (χ1n) is 8.56. The van der Waals surface area contributed by atoms with Crippen LogP contribution in [-0.4, -0.2) is 55.2 Å². The van der Waals surface area contributed by atoms with Gasteiger partial charge in [0, 0.05) is 30.8 Å². The summed E-state index contributed by atoms with van der Waals surface area (Å²) < 4.78 is 10.5.